The van der Waals surface area contributed by atoms with E-state index in [4.69, 9.17) is 4.11 Å². The van der Waals surface area contributed by atoms with Crippen LogP contribution in [0.3, 0.4) is 0 Å². The van der Waals surface area contributed by atoms with E-state index in [-0.39, 0.29) is 67.6 Å². The number of hydrogen-bond donors (Lipinski definition) is 1. The van der Waals surface area contributed by atoms with Gasteiger partial charge in [0.05, 0.1) is 6.10 Å². The van der Waals surface area contributed by atoms with Gasteiger partial charge in [-0.25, -0.2) is 0 Å². The Morgan fingerprint density at radius 2 is 2.28 bits per heavy atom. The van der Waals surface area contributed by atoms with Gasteiger partial charge in [0.15, 0.2) is 0 Å². The van der Waals surface area contributed by atoms with Gasteiger partial charge in [0.1, 0.15) is 5.78 Å². The zero-order valence-electron chi connectivity index (χ0n) is 14.2. The number of carbonyl (C=O) groups is 1. The summed E-state index contributed by atoms with van der Waals surface area (Å²) in [5, 5.41) is 10.3. The van der Waals surface area contributed by atoms with Crippen LogP contribution >= 0.6 is 0 Å². The smallest absolute Gasteiger partial charge is 0.138 e. The van der Waals surface area contributed by atoms with Crippen LogP contribution in [0.1, 0.15) is 44.1 Å². The van der Waals surface area contributed by atoms with Crippen LogP contribution in [0.4, 0.5) is 0 Å². The average Bonchev–Trinajstić information content (AvgIpc) is 2.66. The molecule has 1 unspecified atom stereocenters. The quantitative estimate of drug-likeness (QED) is 0.633. The first-order valence-electron chi connectivity index (χ1n) is 7.77. The molecule has 0 aromatic heterocycles. The number of allylic oxidation sites excluding steroid dienone is 4. The molecule has 1 fully saturated rings. The fourth-order valence-electron chi connectivity index (χ4n) is 2.48. The van der Waals surface area contributed by atoms with E-state index >= 15 is 0 Å². The number of carbonyl (C=O) groups excluding carboxylic acids is 1. The molecule has 3 heteroatoms. The fraction of sp³-hybridized carbons (Fsp3) is 0.667. The van der Waals surface area contributed by atoms with Crippen molar-refractivity contribution in [2.45, 2.75) is 46.1 Å². The molecule has 0 aromatic rings. The van der Waals surface area contributed by atoms with Crippen LogP contribution in [-0.2, 0) is 4.79 Å². The summed E-state index contributed by atoms with van der Waals surface area (Å²) in [6, 6.07) is 0. The predicted molar refractivity (Wildman–Crippen MR) is 70.6 cm³/mol. The summed E-state index contributed by atoms with van der Waals surface area (Å²) in [5.74, 6) is 0.167. The third kappa shape index (κ3) is 5.27. The van der Waals surface area contributed by atoms with Crippen molar-refractivity contribution in [3.8, 4) is 0 Å². The van der Waals surface area contributed by atoms with E-state index in [0.29, 0.717) is 12.8 Å². The summed E-state index contributed by atoms with van der Waals surface area (Å²) in [5.41, 5.74) is 0. The maximum Gasteiger partial charge on any atom is 0.138 e. The maximum atomic E-state index is 11.8. The van der Waals surface area contributed by atoms with E-state index in [0.717, 1.165) is 12.5 Å². The Labute approximate surface area is 151 Å². The molecule has 1 aliphatic carbocycles. The summed E-state index contributed by atoms with van der Waals surface area (Å²) >= 11 is 0. The van der Waals surface area contributed by atoms with Crippen LogP contribution in [0.2, 0.25) is 0 Å². The average molecular weight is 466 g/mol. The Balaban J connectivity index is 0.00000400. The van der Waals surface area contributed by atoms with Crippen molar-refractivity contribution in [2.24, 2.45) is 17.8 Å². The van der Waals surface area contributed by atoms with Gasteiger partial charge >= 0.3 is 0 Å². The molecule has 0 saturated heterocycles. The van der Waals surface area contributed by atoms with E-state index in [9.17, 15) is 9.90 Å². The minimum atomic E-state index is -2.05. The molecule has 0 amide bonds. The summed E-state index contributed by atoms with van der Waals surface area (Å²) in [4.78, 5) is 11.8. The zero-order valence-corrected chi connectivity index (χ0v) is 15.9. The van der Waals surface area contributed by atoms with Crippen LogP contribution in [0.25, 0.3) is 0 Å². The second-order valence-corrected chi connectivity index (χ2v) is 5.00. The minimum absolute atomic E-state index is 0. The van der Waals surface area contributed by atoms with E-state index < -0.39 is 13.0 Å². The molecule has 2 nitrogen and oxygen atoms in total. The van der Waals surface area contributed by atoms with Crippen LogP contribution < -0.4 is 0 Å². The van der Waals surface area contributed by atoms with Gasteiger partial charge in [-0.1, -0.05) is 38.2 Å². The largest absolute Gasteiger partial charge is 0.392 e. The molecule has 0 heterocycles. The monoisotopic (exact) mass is 466 g/mol. The van der Waals surface area contributed by atoms with Gasteiger partial charge in [0.25, 0.3) is 0 Å². The topological polar surface area (TPSA) is 37.3 Å². The Morgan fingerprint density at radius 3 is 2.83 bits per heavy atom. The molecule has 1 radical (unpaired) electrons. The molecular formula is C15H24AcO2. The third-order valence-electron chi connectivity index (χ3n) is 3.63. The number of hydrogen-bond acceptors (Lipinski definition) is 2. The van der Waals surface area contributed by atoms with Gasteiger partial charge in [-0.2, -0.15) is 0 Å². The van der Waals surface area contributed by atoms with E-state index in [1.807, 2.05) is 19.9 Å². The molecule has 0 spiro atoms. The number of rotatable bonds is 5. The molecule has 1 N–H and O–H groups in total. The molecule has 4 atom stereocenters. The van der Waals surface area contributed by atoms with Gasteiger partial charge in [0, 0.05) is 60.5 Å². The first kappa shape index (κ1) is 13.5. The van der Waals surface area contributed by atoms with E-state index in [2.05, 4.69) is 0 Å². The van der Waals surface area contributed by atoms with Gasteiger partial charge in [-0.15, -0.1) is 0 Å². The van der Waals surface area contributed by atoms with Crippen LogP contribution in [-0.4, -0.2) is 17.0 Å². The first-order chi connectivity index (χ1) is 9.22. The summed E-state index contributed by atoms with van der Waals surface area (Å²) in [6.45, 7) is 1.88. The van der Waals surface area contributed by atoms with Crippen molar-refractivity contribution >= 4 is 5.78 Å². The fourth-order valence-corrected chi connectivity index (χ4v) is 2.48. The summed E-state index contributed by atoms with van der Waals surface area (Å²) in [6.07, 6.45) is 7.62. The Hall–Kier alpha value is 0.552. The molecule has 18 heavy (non-hydrogen) atoms. The summed E-state index contributed by atoms with van der Waals surface area (Å²) < 4.78 is 21.0. The second-order valence-electron chi connectivity index (χ2n) is 5.00. The number of aliphatic hydroxyl groups is 1. The summed E-state index contributed by atoms with van der Waals surface area (Å²) in [7, 11) is 0. The zero-order chi connectivity index (χ0) is 15.3. The Bertz CT molecular complexity index is 391. The van der Waals surface area contributed by atoms with Crippen molar-refractivity contribution in [1.29, 1.82) is 0 Å². The van der Waals surface area contributed by atoms with Crippen LogP contribution in [0.15, 0.2) is 24.3 Å². The van der Waals surface area contributed by atoms with Gasteiger partial charge in [-0.3, -0.25) is 4.79 Å². The molecule has 0 aliphatic heterocycles. The molecule has 0 bridgehead atoms. The second kappa shape index (κ2) is 9.45. The number of Topliss-reactive ketones (excluding diaryl/α,β-unsaturated/α-hetero) is 1. The number of aliphatic hydroxyl groups excluding tert-OH is 1. The van der Waals surface area contributed by atoms with Gasteiger partial charge in [0.2, 0.25) is 0 Å². The molecule has 1 aliphatic rings. The predicted octanol–water partition coefficient (Wildman–Crippen LogP) is 3.12. The SMILES string of the molecule is [2H]C([2H])([2H])/C=C/C=C/C[C@@H](C)[C@@H](O)[C@H]1C(=O)CCC1C.[Ac]. The first-order valence-corrected chi connectivity index (χ1v) is 6.27. The van der Waals surface area contributed by atoms with Crippen molar-refractivity contribution in [3.63, 3.8) is 0 Å². The van der Waals surface area contributed by atoms with Gasteiger partial charge < -0.3 is 5.11 Å². The maximum absolute atomic E-state index is 11.8. The van der Waals surface area contributed by atoms with E-state index in [1.165, 1.54) is 6.08 Å². The van der Waals surface area contributed by atoms with Crippen molar-refractivity contribution < 1.29 is 58.1 Å². The van der Waals surface area contributed by atoms with Crippen LogP contribution in [0, 0.1) is 61.8 Å². The molecule has 1 rings (SSSR count). The van der Waals surface area contributed by atoms with Crippen molar-refractivity contribution in [3.05, 3.63) is 24.3 Å². The van der Waals surface area contributed by atoms with E-state index in [1.54, 1.807) is 6.08 Å². The molecule has 99 valence electrons. The van der Waals surface area contributed by atoms with Gasteiger partial charge in [-0.05, 0) is 31.5 Å². The Morgan fingerprint density at radius 1 is 1.56 bits per heavy atom. The van der Waals surface area contributed by atoms with Crippen LogP contribution in [0.5, 0.6) is 0 Å². The van der Waals surface area contributed by atoms with Crippen molar-refractivity contribution in [1.82, 2.24) is 0 Å². The Kier molecular flexibility index (Phi) is 7.11. The minimum Gasteiger partial charge on any atom is -0.392 e. The normalized spacial score (nSPS) is 30.8. The molecular weight excluding hydrogens is 439 g/mol. The van der Waals surface area contributed by atoms with Crippen molar-refractivity contribution in [2.75, 3.05) is 0 Å². The molecule has 0 aromatic carbocycles. The third-order valence-corrected chi connectivity index (χ3v) is 3.63. The standard InChI is InChI=1S/C15H24O2.Ac/c1-4-5-6-7-8-12(3)15(17)14-11(2)9-10-13(14)16;/h4-7,11-12,14-15,17H,8-10H2,1-3H3;/b5-4+,7-6+;/t11?,12-,14-,15-;/m1./s1/i1D3;. The number of ketones is 1. The molecule has 1 saturated carbocycles.